The van der Waals surface area contributed by atoms with Crippen LogP contribution < -0.4 is 4.72 Å². The zero-order chi connectivity index (χ0) is 12.3. The molecular weight excluding hydrogens is 306 g/mol. The summed E-state index contributed by atoms with van der Waals surface area (Å²) in [5.74, 6) is 0.271. The van der Waals surface area contributed by atoms with Gasteiger partial charge in [0, 0.05) is 23.1 Å². The fourth-order valence-corrected chi connectivity index (χ4v) is 2.67. The predicted octanol–water partition coefficient (Wildman–Crippen LogP) is 2.04. The minimum atomic E-state index is -3.64. The molecule has 0 aliphatic rings. The minimum Gasteiger partial charge on any atom is -0.263 e. The molecule has 0 aliphatic carbocycles. The van der Waals surface area contributed by atoms with E-state index in [-0.39, 0.29) is 10.7 Å². The molecule has 2 aromatic rings. The van der Waals surface area contributed by atoms with Crippen molar-refractivity contribution in [1.29, 1.82) is 0 Å². The summed E-state index contributed by atoms with van der Waals surface area (Å²) in [5, 5.41) is 0. The van der Waals surface area contributed by atoms with Gasteiger partial charge in [0.05, 0.1) is 0 Å². The first kappa shape index (κ1) is 12.0. The molecule has 0 aromatic carbocycles. The van der Waals surface area contributed by atoms with Crippen molar-refractivity contribution in [1.82, 2.24) is 9.97 Å². The van der Waals surface area contributed by atoms with Crippen LogP contribution in [0.15, 0.2) is 52.2 Å². The van der Waals surface area contributed by atoms with Crippen LogP contribution in [0.2, 0.25) is 0 Å². The molecule has 17 heavy (non-hydrogen) atoms. The normalized spacial score (nSPS) is 11.1. The van der Waals surface area contributed by atoms with Gasteiger partial charge in [-0.3, -0.25) is 9.71 Å². The summed E-state index contributed by atoms with van der Waals surface area (Å²) < 4.78 is 26.8. The topological polar surface area (TPSA) is 72.0 Å². The molecule has 2 rings (SSSR count). The van der Waals surface area contributed by atoms with Gasteiger partial charge in [-0.2, -0.15) is 0 Å². The fourth-order valence-electron chi connectivity index (χ4n) is 1.16. The molecule has 0 atom stereocenters. The molecule has 0 fully saturated rings. The number of nitrogens with one attached hydrogen (secondary N) is 1. The molecule has 7 heteroatoms. The van der Waals surface area contributed by atoms with Crippen LogP contribution in [-0.4, -0.2) is 18.4 Å². The number of pyridine rings is 2. The lowest BCUT2D eigenvalue weighted by molar-refractivity contribution is 0.600. The van der Waals surface area contributed by atoms with E-state index in [0.29, 0.717) is 4.47 Å². The van der Waals surface area contributed by atoms with Gasteiger partial charge in [-0.05, 0) is 34.1 Å². The smallest absolute Gasteiger partial charge is 0.263 e. The van der Waals surface area contributed by atoms with Crippen molar-refractivity contribution in [3.8, 4) is 0 Å². The van der Waals surface area contributed by atoms with Gasteiger partial charge in [-0.25, -0.2) is 13.4 Å². The van der Waals surface area contributed by atoms with Crippen LogP contribution in [0.5, 0.6) is 0 Å². The monoisotopic (exact) mass is 313 g/mol. The van der Waals surface area contributed by atoms with Crippen LogP contribution in [0.4, 0.5) is 5.82 Å². The highest BCUT2D eigenvalue weighted by Gasteiger charge is 2.15. The Kier molecular flexibility index (Phi) is 3.39. The Bertz CT molecular complexity index is 616. The van der Waals surface area contributed by atoms with Crippen molar-refractivity contribution in [3.05, 3.63) is 47.3 Å². The number of sulfonamides is 1. The van der Waals surface area contributed by atoms with Gasteiger partial charge in [0.2, 0.25) is 0 Å². The number of anilines is 1. The number of hydrogen-bond donors (Lipinski definition) is 1. The van der Waals surface area contributed by atoms with E-state index >= 15 is 0 Å². The van der Waals surface area contributed by atoms with Crippen LogP contribution >= 0.6 is 15.9 Å². The molecule has 0 saturated carbocycles. The van der Waals surface area contributed by atoms with E-state index in [2.05, 4.69) is 30.6 Å². The number of aromatic nitrogens is 2. The average molecular weight is 314 g/mol. The standard InChI is InChI=1S/C10H8BrN3O2S/c11-8-5-9(7-12-6-8)17(15,16)14-10-3-1-2-4-13-10/h1-7H,(H,13,14). The number of hydrogen-bond acceptors (Lipinski definition) is 4. The largest absolute Gasteiger partial charge is 0.264 e. The summed E-state index contributed by atoms with van der Waals surface area (Å²) in [7, 11) is -3.64. The van der Waals surface area contributed by atoms with Gasteiger partial charge in [-0.1, -0.05) is 6.07 Å². The summed E-state index contributed by atoms with van der Waals surface area (Å²) in [6.45, 7) is 0. The Morgan fingerprint density at radius 3 is 2.71 bits per heavy atom. The Labute approximate surface area is 107 Å². The van der Waals surface area contributed by atoms with Crippen molar-refractivity contribution in [3.63, 3.8) is 0 Å². The molecule has 0 radical (unpaired) electrons. The molecule has 0 aliphatic heterocycles. The van der Waals surface area contributed by atoms with Crippen molar-refractivity contribution in [2.75, 3.05) is 4.72 Å². The Hall–Kier alpha value is -1.47. The lowest BCUT2D eigenvalue weighted by Gasteiger charge is -2.06. The molecular formula is C10H8BrN3O2S. The van der Waals surface area contributed by atoms with Crippen LogP contribution in [0.1, 0.15) is 0 Å². The summed E-state index contributed by atoms with van der Waals surface area (Å²) in [5.41, 5.74) is 0. The summed E-state index contributed by atoms with van der Waals surface area (Å²) in [6.07, 6.45) is 4.30. The van der Waals surface area contributed by atoms with Gasteiger partial charge < -0.3 is 0 Å². The van der Waals surface area contributed by atoms with Crippen LogP contribution in [0.3, 0.4) is 0 Å². The summed E-state index contributed by atoms with van der Waals surface area (Å²) in [6, 6.07) is 6.45. The maximum absolute atomic E-state index is 11.9. The number of nitrogens with zero attached hydrogens (tertiary/aromatic N) is 2. The molecule has 0 saturated heterocycles. The van der Waals surface area contributed by atoms with Gasteiger partial charge >= 0.3 is 0 Å². The van der Waals surface area contributed by atoms with E-state index in [1.54, 1.807) is 18.2 Å². The molecule has 88 valence electrons. The molecule has 0 bridgehead atoms. The first-order chi connectivity index (χ1) is 8.08. The van der Waals surface area contributed by atoms with E-state index in [4.69, 9.17) is 0 Å². The van der Waals surface area contributed by atoms with Crippen molar-refractivity contribution >= 4 is 31.8 Å². The summed E-state index contributed by atoms with van der Waals surface area (Å²) >= 11 is 3.17. The van der Waals surface area contributed by atoms with E-state index in [1.165, 1.54) is 24.7 Å². The molecule has 0 unspecified atom stereocenters. The summed E-state index contributed by atoms with van der Waals surface area (Å²) in [4.78, 5) is 7.78. The maximum Gasteiger partial charge on any atom is 0.264 e. The first-order valence-corrected chi connectivity index (χ1v) is 6.90. The van der Waals surface area contributed by atoms with Gasteiger partial charge in [0.1, 0.15) is 10.7 Å². The Morgan fingerprint density at radius 1 is 1.24 bits per heavy atom. The van der Waals surface area contributed by atoms with E-state index in [9.17, 15) is 8.42 Å². The van der Waals surface area contributed by atoms with Crippen LogP contribution in [0, 0.1) is 0 Å². The average Bonchev–Trinajstić information content (AvgIpc) is 2.30. The first-order valence-electron chi connectivity index (χ1n) is 4.62. The SMILES string of the molecule is O=S(=O)(Nc1ccccn1)c1cncc(Br)c1. The molecule has 2 heterocycles. The zero-order valence-electron chi connectivity index (χ0n) is 8.54. The van der Waals surface area contributed by atoms with Crippen molar-refractivity contribution in [2.45, 2.75) is 4.90 Å². The quantitative estimate of drug-likeness (QED) is 0.941. The van der Waals surface area contributed by atoms with Crippen LogP contribution in [-0.2, 0) is 10.0 Å². The Morgan fingerprint density at radius 2 is 2.06 bits per heavy atom. The minimum absolute atomic E-state index is 0.0810. The zero-order valence-corrected chi connectivity index (χ0v) is 10.9. The van der Waals surface area contributed by atoms with Crippen molar-refractivity contribution < 1.29 is 8.42 Å². The van der Waals surface area contributed by atoms with Gasteiger partial charge in [-0.15, -0.1) is 0 Å². The molecule has 0 amide bonds. The van der Waals surface area contributed by atoms with Gasteiger partial charge in [0.25, 0.3) is 10.0 Å². The third kappa shape index (κ3) is 3.01. The maximum atomic E-state index is 11.9. The lowest BCUT2D eigenvalue weighted by Crippen LogP contribution is -2.14. The molecule has 5 nitrogen and oxygen atoms in total. The number of rotatable bonds is 3. The third-order valence-corrected chi connectivity index (χ3v) is 3.65. The Balaban J connectivity index is 2.32. The highest BCUT2D eigenvalue weighted by atomic mass is 79.9. The second-order valence-corrected chi connectivity index (χ2v) is 5.76. The van der Waals surface area contributed by atoms with E-state index in [1.807, 2.05) is 0 Å². The molecule has 1 N–H and O–H groups in total. The van der Waals surface area contributed by atoms with Gasteiger partial charge in [0.15, 0.2) is 0 Å². The lowest BCUT2D eigenvalue weighted by atomic mass is 10.5. The second-order valence-electron chi connectivity index (χ2n) is 3.16. The number of halogens is 1. The van der Waals surface area contributed by atoms with Crippen molar-refractivity contribution in [2.24, 2.45) is 0 Å². The van der Waals surface area contributed by atoms with E-state index < -0.39 is 10.0 Å². The third-order valence-electron chi connectivity index (χ3n) is 1.89. The second kappa shape index (κ2) is 4.80. The fraction of sp³-hybridized carbons (Fsp3) is 0. The molecule has 0 spiro atoms. The molecule has 2 aromatic heterocycles. The highest BCUT2D eigenvalue weighted by Crippen LogP contribution is 2.16. The van der Waals surface area contributed by atoms with E-state index in [0.717, 1.165) is 0 Å². The highest BCUT2D eigenvalue weighted by molar-refractivity contribution is 9.10. The predicted molar refractivity (Wildman–Crippen MR) is 67.0 cm³/mol. The van der Waals surface area contributed by atoms with Crippen LogP contribution in [0.25, 0.3) is 0 Å².